The van der Waals surface area contributed by atoms with Crippen LogP contribution in [0.1, 0.15) is 11.1 Å². The minimum atomic E-state index is -2.48. The molecule has 0 aliphatic rings. The Hall–Kier alpha value is -1.46. The van der Waals surface area contributed by atoms with E-state index in [4.69, 9.17) is 27.7 Å². The predicted octanol–water partition coefficient (Wildman–Crippen LogP) is -0.0429. The van der Waals surface area contributed by atoms with Crippen LogP contribution in [-0.2, 0) is 39.7 Å². The van der Waals surface area contributed by atoms with E-state index < -0.39 is 8.80 Å². The number of carbonyl (C=O) groups excluding carboxylic acids is 3. The van der Waals surface area contributed by atoms with Crippen LogP contribution in [0.3, 0.4) is 0 Å². The normalized spacial score (nSPS) is 9.23. The van der Waals surface area contributed by atoms with E-state index in [9.17, 15) is 0 Å². The van der Waals surface area contributed by atoms with Gasteiger partial charge in [-0.05, 0) is 11.6 Å². The highest BCUT2D eigenvalue weighted by Gasteiger charge is 2.37. The van der Waals surface area contributed by atoms with Crippen molar-refractivity contribution >= 4 is 39.4 Å². The van der Waals surface area contributed by atoms with Gasteiger partial charge in [0.2, 0.25) is 0 Å². The van der Waals surface area contributed by atoms with Crippen LogP contribution in [0.5, 0.6) is 0 Å². The van der Waals surface area contributed by atoms with Crippen LogP contribution in [0, 0.1) is 0 Å². The Morgan fingerprint density at radius 3 is 1.41 bits per heavy atom. The molecule has 0 unspecified atom stereocenters. The van der Waals surface area contributed by atoms with Gasteiger partial charge in [0.05, 0.1) is 0 Å². The van der Waals surface area contributed by atoms with Crippen molar-refractivity contribution in [3.8, 4) is 0 Å². The monoisotopic (exact) mass is 346 g/mol. The lowest BCUT2D eigenvalue weighted by atomic mass is 10.2. The van der Waals surface area contributed by atoms with Crippen LogP contribution >= 0.6 is 0 Å². The van der Waals surface area contributed by atoms with Crippen molar-refractivity contribution in [3.05, 3.63) is 35.4 Å². The number of hydrogen-bond acceptors (Lipinski definition) is 6. The topological polar surface area (TPSA) is 78.9 Å². The van der Waals surface area contributed by atoms with E-state index in [0.29, 0.717) is 0 Å². The Labute approximate surface area is 136 Å². The fourth-order valence-corrected chi connectivity index (χ4v) is 3.75. The predicted molar refractivity (Wildman–Crippen MR) is 91.9 cm³/mol. The summed E-state index contributed by atoms with van der Waals surface area (Å²) in [6, 6.07) is 10.5. The third kappa shape index (κ3) is 9.47. The van der Waals surface area contributed by atoms with E-state index in [1.165, 1.54) is 27.4 Å². The van der Waals surface area contributed by atoms with E-state index in [-0.39, 0.29) is 0 Å². The Balaban J connectivity index is -0.000000535. The molecule has 0 spiro atoms. The molecule has 126 valence electrons. The first kappa shape index (κ1) is 25.5. The van der Waals surface area contributed by atoms with Crippen molar-refractivity contribution in [3.63, 3.8) is 0 Å². The second-order valence-electron chi connectivity index (χ2n) is 3.64. The molecular weight excluding hydrogens is 320 g/mol. The maximum absolute atomic E-state index is 8.00. The molecule has 0 fully saturated rings. The highest BCUT2D eigenvalue weighted by atomic mass is 28.4. The van der Waals surface area contributed by atoms with Crippen molar-refractivity contribution in [1.29, 1.82) is 0 Å². The maximum atomic E-state index is 8.00. The lowest BCUT2D eigenvalue weighted by Gasteiger charge is -2.24. The zero-order valence-corrected chi connectivity index (χ0v) is 16.8. The van der Waals surface area contributed by atoms with Crippen LogP contribution in [0.2, 0.25) is 0 Å². The van der Waals surface area contributed by atoms with Crippen molar-refractivity contribution in [2.24, 2.45) is 0 Å². The fourth-order valence-electron chi connectivity index (χ4n) is 1.61. The van der Waals surface area contributed by atoms with Crippen LogP contribution < -0.4 is 0 Å². The van der Waals surface area contributed by atoms with Crippen molar-refractivity contribution in [2.75, 3.05) is 21.3 Å². The van der Waals surface area contributed by atoms with Gasteiger partial charge in [-0.25, -0.2) is 0 Å². The quantitative estimate of drug-likeness (QED) is 0.673. The van der Waals surface area contributed by atoms with Gasteiger partial charge in [-0.2, -0.15) is 0 Å². The molecule has 0 N–H and O–H groups in total. The third-order valence-electron chi connectivity index (χ3n) is 2.78. The van der Waals surface area contributed by atoms with E-state index in [1.54, 1.807) is 21.3 Å². The van der Waals surface area contributed by atoms with Crippen LogP contribution in [-0.4, -0.2) is 60.7 Å². The fraction of sp³-hybridized carbons (Fsp3) is 0.357. The molecule has 0 heterocycles. The highest BCUT2D eigenvalue weighted by Crippen LogP contribution is 2.15. The SMILES string of the molecule is C=O.C=O.C=O.CO[Si](Cc1ccc(C[SiH3])cc1)(OC)OC. The van der Waals surface area contributed by atoms with Crippen molar-refractivity contribution in [2.45, 2.75) is 12.1 Å². The minimum absolute atomic E-state index is 0.720. The summed E-state index contributed by atoms with van der Waals surface area (Å²) in [5.41, 5.74) is 2.60. The second kappa shape index (κ2) is 17.6. The van der Waals surface area contributed by atoms with Crippen molar-refractivity contribution in [1.82, 2.24) is 0 Å². The number of carbonyl (C=O) groups is 3. The molecule has 0 saturated carbocycles. The number of hydrogen-bond donors (Lipinski definition) is 0. The summed E-state index contributed by atoms with van der Waals surface area (Å²) in [6.07, 6.45) is 0. The zero-order chi connectivity index (χ0) is 18.0. The largest absolute Gasteiger partial charge is 0.504 e. The highest BCUT2D eigenvalue weighted by molar-refractivity contribution is 6.60. The molecule has 0 atom stereocenters. The molecule has 0 aliphatic heterocycles. The molecule has 0 bridgehead atoms. The summed E-state index contributed by atoms with van der Waals surface area (Å²) in [5, 5.41) is 0. The van der Waals surface area contributed by atoms with Gasteiger partial charge in [0, 0.05) is 37.6 Å². The molecule has 0 aliphatic carbocycles. The average Bonchev–Trinajstić information content (AvgIpc) is 2.65. The summed E-state index contributed by atoms with van der Waals surface area (Å²) in [4.78, 5) is 24.0. The molecular formula is C14H26O6Si2. The van der Waals surface area contributed by atoms with Crippen molar-refractivity contribution < 1.29 is 27.7 Å². The van der Waals surface area contributed by atoms with Gasteiger partial charge in [0.15, 0.2) is 0 Å². The Bertz CT molecular complexity index is 344. The molecule has 22 heavy (non-hydrogen) atoms. The van der Waals surface area contributed by atoms with Gasteiger partial charge in [-0.15, -0.1) is 0 Å². The van der Waals surface area contributed by atoms with Crippen LogP contribution in [0.4, 0.5) is 0 Å². The van der Waals surface area contributed by atoms with Gasteiger partial charge >= 0.3 is 8.80 Å². The summed E-state index contributed by atoms with van der Waals surface area (Å²) in [5.74, 6) is 0. The molecule has 6 nitrogen and oxygen atoms in total. The molecule has 1 aromatic carbocycles. The summed E-state index contributed by atoms with van der Waals surface area (Å²) < 4.78 is 16.2. The van der Waals surface area contributed by atoms with E-state index in [1.807, 2.05) is 20.4 Å². The summed E-state index contributed by atoms with van der Waals surface area (Å²) in [6.45, 7) is 6.00. The maximum Gasteiger partial charge on any atom is 0.504 e. The lowest BCUT2D eigenvalue weighted by molar-refractivity contribution is -0.0987. The Morgan fingerprint density at radius 1 is 0.818 bits per heavy atom. The van der Waals surface area contributed by atoms with Gasteiger partial charge in [0.25, 0.3) is 0 Å². The molecule has 1 rings (SSSR count). The second-order valence-corrected chi connectivity index (χ2v) is 7.29. The first-order valence-corrected chi connectivity index (χ1v) is 9.64. The van der Waals surface area contributed by atoms with Crippen LogP contribution in [0.25, 0.3) is 0 Å². The van der Waals surface area contributed by atoms with Crippen LogP contribution in [0.15, 0.2) is 24.3 Å². The molecule has 0 amide bonds. The smallest absolute Gasteiger partial charge is 0.377 e. The first-order chi connectivity index (χ1) is 10.7. The van der Waals surface area contributed by atoms with Gasteiger partial charge in [-0.1, -0.05) is 29.8 Å². The average molecular weight is 347 g/mol. The third-order valence-corrected chi connectivity index (χ3v) is 6.31. The first-order valence-electron chi connectivity index (χ1n) is 6.29. The van der Waals surface area contributed by atoms with Gasteiger partial charge in [0.1, 0.15) is 20.4 Å². The molecule has 8 heteroatoms. The Kier molecular flexibility index (Phi) is 20.4. The molecule has 1 aromatic rings. The van der Waals surface area contributed by atoms with Gasteiger partial charge < -0.3 is 27.7 Å². The summed E-state index contributed by atoms with van der Waals surface area (Å²) in [7, 11) is 3.66. The number of benzene rings is 1. The van der Waals surface area contributed by atoms with E-state index in [2.05, 4.69) is 24.3 Å². The molecule has 0 aromatic heterocycles. The summed E-state index contributed by atoms with van der Waals surface area (Å²) >= 11 is 0. The molecule has 0 radical (unpaired) electrons. The molecule has 0 saturated heterocycles. The lowest BCUT2D eigenvalue weighted by Crippen LogP contribution is -2.45. The zero-order valence-electron chi connectivity index (χ0n) is 13.8. The minimum Gasteiger partial charge on any atom is -0.377 e. The Morgan fingerprint density at radius 2 is 1.14 bits per heavy atom. The van der Waals surface area contributed by atoms with E-state index in [0.717, 1.165) is 6.04 Å². The van der Waals surface area contributed by atoms with Gasteiger partial charge in [-0.3, -0.25) is 0 Å². The van der Waals surface area contributed by atoms with E-state index >= 15 is 0 Å². The number of rotatable bonds is 6. The standard InChI is InChI=1S/C11H20O3Si2.3CH2O/c1-12-16(13-2,14-3)9-11-6-4-10(8-15)5-7-11;3*1-2/h4-7H,8-9H2,1-3,15H3;3*1H2.